The van der Waals surface area contributed by atoms with Gasteiger partial charge in [0.1, 0.15) is 0 Å². The van der Waals surface area contributed by atoms with Crippen molar-refractivity contribution >= 4 is 34.2 Å². The van der Waals surface area contributed by atoms with Crippen LogP contribution in [0.2, 0.25) is 5.02 Å². The van der Waals surface area contributed by atoms with Crippen LogP contribution in [-0.4, -0.2) is 20.7 Å². The van der Waals surface area contributed by atoms with Crippen molar-refractivity contribution in [3.8, 4) is 5.69 Å². The summed E-state index contributed by atoms with van der Waals surface area (Å²) in [4.78, 5) is 17.5. The van der Waals surface area contributed by atoms with Gasteiger partial charge in [0.15, 0.2) is 5.65 Å². The highest BCUT2D eigenvalue weighted by Gasteiger charge is 2.18. The average molecular weight is 447 g/mol. The Labute approximate surface area is 193 Å². The predicted molar refractivity (Wildman–Crippen MR) is 131 cm³/mol. The van der Waals surface area contributed by atoms with Gasteiger partial charge in [-0.1, -0.05) is 35.4 Å². The van der Waals surface area contributed by atoms with Crippen molar-refractivity contribution in [2.75, 3.05) is 5.32 Å². The zero-order chi connectivity index (χ0) is 23.0. The Morgan fingerprint density at radius 3 is 2.41 bits per heavy atom. The fraction of sp³-hybridized carbons (Fsp3) is 0.269. The lowest BCUT2D eigenvalue weighted by Crippen LogP contribution is -2.13. The monoisotopic (exact) mass is 446 g/mol. The molecule has 4 aromatic rings. The molecular weight excluding hydrogens is 420 g/mol. The van der Waals surface area contributed by atoms with Crippen molar-refractivity contribution in [1.82, 2.24) is 14.8 Å². The number of carbonyl (C=O) groups is 1. The summed E-state index contributed by atoms with van der Waals surface area (Å²) in [5, 5.41) is 9.40. The minimum absolute atomic E-state index is 0.0455. The van der Waals surface area contributed by atoms with Gasteiger partial charge in [-0.05, 0) is 82.0 Å². The second-order valence-corrected chi connectivity index (χ2v) is 8.75. The molecule has 0 aliphatic heterocycles. The number of nitrogens with zero attached hydrogens (tertiary/aromatic N) is 3. The summed E-state index contributed by atoms with van der Waals surface area (Å²) in [7, 11) is 0. The summed E-state index contributed by atoms with van der Waals surface area (Å²) in [5.41, 5.74) is 8.83. The van der Waals surface area contributed by atoms with E-state index in [0.717, 1.165) is 44.8 Å². The number of nitrogens with one attached hydrogen (secondary N) is 1. The first-order chi connectivity index (χ1) is 15.2. The maximum Gasteiger partial charge on any atom is 0.224 e. The van der Waals surface area contributed by atoms with E-state index < -0.39 is 0 Å². The van der Waals surface area contributed by atoms with Gasteiger partial charge in [-0.15, -0.1) is 0 Å². The lowest BCUT2D eigenvalue weighted by Gasteiger charge is -2.12. The molecule has 0 radical (unpaired) electrons. The lowest BCUT2D eigenvalue weighted by molar-refractivity contribution is -0.116. The summed E-state index contributed by atoms with van der Waals surface area (Å²) in [6.07, 6.45) is 0.979. The highest BCUT2D eigenvalue weighted by molar-refractivity contribution is 6.31. The minimum Gasteiger partial charge on any atom is -0.326 e. The number of carbonyl (C=O) groups excluding carboxylic acids is 1. The zero-order valence-electron chi connectivity index (χ0n) is 19.1. The van der Waals surface area contributed by atoms with E-state index in [2.05, 4.69) is 43.4 Å². The van der Waals surface area contributed by atoms with Crippen molar-refractivity contribution < 1.29 is 4.79 Å². The SMILES string of the molecule is Cc1ccc(-n2nc(C)c3c(C)c(CCC(=O)Nc4ccc(C)c(Cl)c4)c(C)nc32)cc1. The van der Waals surface area contributed by atoms with Crippen molar-refractivity contribution in [3.63, 3.8) is 0 Å². The van der Waals surface area contributed by atoms with Gasteiger partial charge in [0.25, 0.3) is 0 Å². The molecule has 0 atom stereocenters. The Bertz CT molecular complexity index is 1320. The standard InChI is InChI=1S/C26H27ClN4O/c1-15-6-10-21(11-7-15)31-26-25(19(5)30-31)17(3)22(18(4)28-26)12-13-24(32)29-20-9-8-16(2)23(27)14-20/h6-11,14H,12-13H2,1-5H3,(H,29,32). The summed E-state index contributed by atoms with van der Waals surface area (Å²) in [6.45, 7) is 10.1. The highest BCUT2D eigenvalue weighted by atomic mass is 35.5. The number of benzene rings is 2. The van der Waals surface area contributed by atoms with Crippen LogP contribution in [0.5, 0.6) is 0 Å². The maximum absolute atomic E-state index is 12.6. The average Bonchev–Trinajstić information content (AvgIpc) is 3.07. The number of anilines is 1. The number of hydrogen-bond acceptors (Lipinski definition) is 3. The Morgan fingerprint density at radius 1 is 1.00 bits per heavy atom. The fourth-order valence-electron chi connectivity index (χ4n) is 4.07. The second kappa shape index (κ2) is 8.75. The molecule has 32 heavy (non-hydrogen) atoms. The van der Waals surface area contributed by atoms with E-state index in [1.165, 1.54) is 5.56 Å². The molecule has 0 saturated heterocycles. The van der Waals surface area contributed by atoms with E-state index in [-0.39, 0.29) is 5.91 Å². The smallest absolute Gasteiger partial charge is 0.224 e. The van der Waals surface area contributed by atoms with Gasteiger partial charge in [-0.25, -0.2) is 9.67 Å². The molecule has 0 aliphatic carbocycles. The van der Waals surface area contributed by atoms with Gasteiger partial charge in [0, 0.05) is 28.2 Å². The molecule has 0 bridgehead atoms. The maximum atomic E-state index is 12.6. The molecule has 0 fully saturated rings. The molecule has 164 valence electrons. The number of rotatable bonds is 5. The molecule has 2 aromatic heterocycles. The van der Waals surface area contributed by atoms with Crippen LogP contribution < -0.4 is 5.32 Å². The largest absolute Gasteiger partial charge is 0.326 e. The van der Waals surface area contributed by atoms with Gasteiger partial charge < -0.3 is 5.32 Å². The molecule has 2 heterocycles. The first-order valence-electron chi connectivity index (χ1n) is 10.7. The summed E-state index contributed by atoms with van der Waals surface area (Å²) in [6, 6.07) is 13.8. The van der Waals surface area contributed by atoms with Crippen LogP contribution >= 0.6 is 11.6 Å². The van der Waals surface area contributed by atoms with Gasteiger partial charge in [-0.3, -0.25) is 4.79 Å². The van der Waals surface area contributed by atoms with Gasteiger partial charge in [0.05, 0.1) is 11.4 Å². The molecule has 1 amide bonds. The Kier molecular flexibility index (Phi) is 6.02. The molecule has 0 aliphatic rings. The van der Waals surface area contributed by atoms with Gasteiger partial charge in [0.2, 0.25) is 5.91 Å². The third kappa shape index (κ3) is 4.26. The fourth-order valence-corrected chi connectivity index (χ4v) is 4.25. The van der Waals surface area contributed by atoms with Crippen molar-refractivity contribution in [3.05, 3.63) is 81.1 Å². The van der Waals surface area contributed by atoms with Crippen molar-refractivity contribution in [1.29, 1.82) is 0 Å². The van der Waals surface area contributed by atoms with E-state index in [1.807, 2.05) is 37.6 Å². The third-order valence-electron chi connectivity index (χ3n) is 5.91. The summed E-state index contributed by atoms with van der Waals surface area (Å²) >= 11 is 6.17. The van der Waals surface area contributed by atoms with Crippen molar-refractivity contribution in [2.45, 2.75) is 47.5 Å². The van der Waals surface area contributed by atoms with E-state index in [4.69, 9.17) is 21.7 Å². The number of amides is 1. The predicted octanol–water partition coefficient (Wildman–Crippen LogP) is 6.19. The summed E-state index contributed by atoms with van der Waals surface area (Å²) < 4.78 is 1.90. The van der Waals surface area contributed by atoms with E-state index in [0.29, 0.717) is 23.6 Å². The third-order valence-corrected chi connectivity index (χ3v) is 6.32. The van der Waals surface area contributed by atoms with Crippen LogP contribution in [0.25, 0.3) is 16.7 Å². The van der Waals surface area contributed by atoms with E-state index in [1.54, 1.807) is 6.07 Å². The molecule has 0 spiro atoms. The van der Waals surface area contributed by atoms with Crippen LogP contribution in [0.1, 0.15) is 40.1 Å². The Morgan fingerprint density at radius 2 is 1.72 bits per heavy atom. The first-order valence-corrected chi connectivity index (χ1v) is 11.1. The topological polar surface area (TPSA) is 59.8 Å². The molecule has 0 saturated carbocycles. The van der Waals surface area contributed by atoms with Crippen LogP contribution in [-0.2, 0) is 11.2 Å². The molecule has 5 nitrogen and oxygen atoms in total. The number of aromatic nitrogens is 3. The zero-order valence-corrected chi connectivity index (χ0v) is 19.8. The quantitative estimate of drug-likeness (QED) is 0.397. The Hall–Kier alpha value is -3.18. The molecule has 0 unspecified atom stereocenters. The van der Waals surface area contributed by atoms with Crippen molar-refractivity contribution in [2.24, 2.45) is 0 Å². The van der Waals surface area contributed by atoms with Crippen LogP contribution in [0.3, 0.4) is 0 Å². The van der Waals surface area contributed by atoms with E-state index >= 15 is 0 Å². The highest BCUT2D eigenvalue weighted by Crippen LogP contribution is 2.28. The number of halogens is 1. The Balaban J connectivity index is 1.59. The van der Waals surface area contributed by atoms with Gasteiger partial charge in [-0.2, -0.15) is 5.10 Å². The summed E-state index contributed by atoms with van der Waals surface area (Å²) in [5.74, 6) is -0.0455. The van der Waals surface area contributed by atoms with E-state index in [9.17, 15) is 4.79 Å². The molecule has 6 heteroatoms. The second-order valence-electron chi connectivity index (χ2n) is 8.34. The van der Waals surface area contributed by atoms with Crippen LogP contribution in [0.4, 0.5) is 5.69 Å². The van der Waals surface area contributed by atoms with Crippen LogP contribution in [0, 0.1) is 34.6 Å². The number of aryl methyl sites for hydroxylation is 5. The normalized spacial score (nSPS) is 11.2. The molecule has 4 rings (SSSR count). The number of pyridine rings is 1. The minimum atomic E-state index is -0.0455. The number of fused-ring (bicyclic) bond motifs is 1. The molecule has 1 N–H and O–H groups in total. The molecular formula is C26H27ClN4O. The first kappa shape index (κ1) is 22.0. The lowest BCUT2D eigenvalue weighted by atomic mass is 9.99. The van der Waals surface area contributed by atoms with Gasteiger partial charge >= 0.3 is 0 Å². The molecule has 2 aromatic carbocycles. The number of hydrogen-bond donors (Lipinski definition) is 1. The van der Waals surface area contributed by atoms with Crippen LogP contribution in [0.15, 0.2) is 42.5 Å².